The molecule has 0 heterocycles. The second-order valence-corrected chi connectivity index (χ2v) is 5.08. The summed E-state index contributed by atoms with van der Waals surface area (Å²) in [6, 6.07) is 10.9. The van der Waals surface area contributed by atoms with Gasteiger partial charge in [0, 0.05) is 0 Å². The number of aliphatic hydroxyl groups excluding tert-OH is 1. The third-order valence-electron chi connectivity index (χ3n) is 2.72. The van der Waals surface area contributed by atoms with Gasteiger partial charge in [0.25, 0.3) is 0 Å². The Bertz CT molecular complexity index is 680. The Balaban J connectivity index is 2.29. The van der Waals surface area contributed by atoms with Gasteiger partial charge < -0.3 is 9.84 Å². The minimum atomic E-state index is -0.601. The highest BCUT2D eigenvalue weighted by Gasteiger charge is 2.10. The summed E-state index contributed by atoms with van der Waals surface area (Å²) in [4.78, 5) is 0. The third-order valence-corrected chi connectivity index (χ3v) is 3.34. The highest BCUT2D eigenvalue weighted by atomic mass is 79.9. The van der Waals surface area contributed by atoms with Crippen molar-refractivity contribution in [3.8, 4) is 17.6 Å². The van der Waals surface area contributed by atoms with E-state index >= 15 is 0 Å². The van der Waals surface area contributed by atoms with Crippen molar-refractivity contribution in [1.29, 1.82) is 5.26 Å². The van der Waals surface area contributed by atoms with Crippen LogP contribution in [0.2, 0.25) is 0 Å². The second-order valence-electron chi connectivity index (χ2n) is 4.22. The summed E-state index contributed by atoms with van der Waals surface area (Å²) in [5.41, 5.74) is 0.961. The van der Waals surface area contributed by atoms with Crippen molar-refractivity contribution in [2.24, 2.45) is 0 Å². The lowest BCUT2D eigenvalue weighted by atomic mass is 10.1. The normalized spacial score (nSPS) is 11.8. The average molecular weight is 336 g/mol. The first-order chi connectivity index (χ1) is 9.51. The summed E-state index contributed by atoms with van der Waals surface area (Å²) < 4.78 is 19.8. The number of ether oxygens (including phenoxy) is 1. The van der Waals surface area contributed by atoms with Crippen molar-refractivity contribution >= 4 is 15.9 Å². The van der Waals surface area contributed by atoms with Crippen molar-refractivity contribution in [3.05, 3.63) is 57.8 Å². The fraction of sp³-hybridized carbons (Fsp3) is 0.133. The van der Waals surface area contributed by atoms with Gasteiger partial charge in [-0.05, 0) is 58.7 Å². The lowest BCUT2D eigenvalue weighted by Crippen LogP contribution is -1.94. The SMILES string of the molecule is C[C@H](O)c1ccc(Oc2ccc(C#N)cc2F)c(Br)c1. The lowest BCUT2D eigenvalue weighted by Gasteiger charge is -2.11. The zero-order valence-corrected chi connectivity index (χ0v) is 12.2. The molecule has 0 aromatic heterocycles. The Kier molecular flexibility index (Phi) is 4.38. The van der Waals surface area contributed by atoms with Gasteiger partial charge in [-0.15, -0.1) is 0 Å². The monoisotopic (exact) mass is 335 g/mol. The Hall–Kier alpha value is -1.90. The first-order valence-electron chi connectivity index (χ1n) is 5.86. The van der Waals surface area contributed by atoms with E-state index in [-0.39, 0.29) is 11.3 Å². The molecule has 0 amide bonds. The van der Waals surface area contributed by atoms with Gasteiger partial charge in [-0.3, -0.25) is 0 Å². The predicted molar refractivity (Wildman–Crippen MR) is 76.0 cm³/mol. The predicted octanol–water partition coefficient (Wildman–Crippen LogP) is 4.31. The van der Waals surface area contributed by atoms with E-state index < -0.39 is 11.9 Å². The van der Waals surface area contributed by atoms with E-state index in [1.807, 2.05) is 6.07 Å². The number of benzene rings is 2. The molecule has 20 heavy (non-hydrogen) atoms. The number of hydrogen-bond acceptors (Lipinski definition) is 3. The van der Waals surface area contributed by atoms with Crippen LogP contribution in [0.4, 0.5) is 4.39 Å². The summed E-state index contributed by atoms with van der Waals surface area (Å²) in [7, 11) is 0. The molecule has 0 aliphatic carbocycles. The van der Waals surface area contributed by atoms with Crippen LogP contribution in [0.15, 0.2) is 40.9 Å². The van der Waals surface area contributed by atoms with Crippen molar-refractivity contribution in [2.45, 2.75) is 13.0 Å². The topological polar surface area (TPSA) is 53.2 Å². The first-order valence-corrected chi connectivity index (χ1v) is 6.65. The molecule has 0 aliphatic rings. The molecule has 0 saturated carbocycles. The molecule has 102 valence electrons. The Morgan fingerprint density at radius 3 is 2.50 bits per heavy atom. The molecule has 0 aliphatic heterocycles. The fourth-order valence-electron chi connectivity index (χ4n) is 1.63. The molecule has 0 radical (unpaired) electrons. The van der Waals surface area contributed by atoms with E-state index in [4.69, 9.17) is 10.00 Å². The quantitative estimate of drug-likeness (QED) is 0.909. The summed E-state index contributed by atoms with van der Waals surface area (Å²) >= 11 is 3.31. The largest absolute Gasteiger partial charge is 0.453 e. The van der Waals surface area contributed by atoms with E-state index in [0.717, 1.165) is 11.6 Å². The van der Waals surface area contributed by atoms with Gasteiger partial charge >= 0.3 is 0 Å². The van der Waals surface area contributed by atoms with Crippen molar-refractivity contribution in [1.82, 2.24) is 0 Å². The maximum Gasteiger partial charge on any atom is 0.167 e. The van der Waals surface area contributed by atoms with Crippen LogP contribution in [-0.2, 0) is 0 Å². The number of hydrogen-bond donors (Lipinski definition) is 1. The van der Waals surface area contributed by atoms with Gasteiger partial charge in [-0.25, -0.2) is 4.39 Å². The van der Waals surface area contributed by atoms with Crippen molar-refractivity contribution in [3.63, 3.8) is 0 Å². The van der Waals surface area contributed by atoms with E-state index in [1.165, 1.54) is 12.1 Å². The van der Waals surface area contributed by atoms with Crippen molar-refractivity contribution < 1.29 is 14.2 Å². The van der Waals surface area contributed by atoms with Gasteiger partial charge in [0.05, 0.1) is 22.2 Å². The zero-order valence-electron chi connectivity index (χ0n) is 10.6. The van der Waals surface area contributed by atoms with E-state index in [9.17, 15) is 9.50 Å². The number of halogens is 2. The molecule has 0 saturated heterocycles. The maximum absolute atomic E-state index is 13.7. The summed E-state index contributed by atoms with van der Waals surface area (Å²) in [6.45, 7) is 1.66. The molecule has 0 unspecified atom stereocenters. The first kappa shape index (κ1) is 14.5. The van der Waals surface area contributed by atoms with E-state index in [1.54, 1.807) is 25.1 Å². The highest BCUT2D eigenvalue weighted by molar-refractivity contribution is 9.10. The smallest absolute Gasteiger partial charge is 0.167 e. The molecule has 1 N–H and O–H groups in total. The lowest BCUT2D eigenvalue weighted by molar-refractivity contribution is 0.199. The third kappa shape index (κ3) is 3.16. The molecule has 1 atom stereocenters. The van der Waals surface area contributed by atoms with Crippen LogP contribution in [0, 0.1) is 17.1 Å². The van der Waals surface area contributed by atoms with Crippen LogP contribution >= 0.6 is 15.9 Å². The number of rotatable bonds is 3. The molecular formula is C15H11BrFNO2. The maximum atomic E-state index is 13.7. The summed E-state index contributed by atoms with van der Waals surface area (Å²) in [5.74, 6) is -0.136. The summed E-state index contributed by atoms with van der Waals surface area (Å²) in [6.07, 6.45) is -0.591. The highest BCUT2D eigenvalue weighted by Crippen LogP contribution is 2.33. The van der Waals surface area contributed by atoms with Crippen LogP contribution in [0.25, 0.3) is 0 Å². The van der Waals surface area contributed by atoms with Crippen LogP contribution in [0.5, 0.6) is 11.5 Å². The Morgan fingerprint density at radius 1 is 1.25 bits per heavy atom. The number of nitrogens with zero attached hydrogens (tertiary/aromatic N) is 1. The minimum Gasteiger partial charge on any atom is -0.453 e. The number of aliphatic hydroxyl groups is 1. The molecular weight excluding hydrogens is 325 g/mol. The van der Waals surface area contributed by atoms with Gasteiger partial charge in [0.2, 0.25) is 0 Å². The van der Waals surface area contributed by atoms with Crippen LogP contribution in [-0.4, -0.2) is 5.11 Å². The molecule has 3 nitrogen and oxygen atoms in total. The molecule has 5 heteroatoms. The van der Waals surface area contributed by atoms with E-state index in [0.29, 0.717) is 10.2 Å². The molecule has 0 spiro atoms. The number of nitriles is 1. The molecule has 0 fully saturated rings. The van der Waals surface area contributed by atoms with Gasteiger partial charge in [0.1, 0.15) is 5.75 Å². The van der Waals surface area contributed by atoms with Crippen LogP contribution in [0.3, 0.4) is 0 Å². The van der Waals surface area contributed by atoms with Gasteiger partial charge in [-0.2, -0.15) is 5.26 Å². The Morgan fingerprint density at radius 2 is 1.95 bits per heavy atom. The standard InChI is InChI=1S/C15H11BrFNO2/c1-9(19)11-3-5-14(12(16)7-11)20-15-4-2-10(8-18)6-13(15)17/h2-7,9,19H,1H3/t9-/m0/s1. The summed E-state index contributed by atoms with van der Waals surface area (Å²) in [5, 5.41) is 18.2. The zero-order chi connectivity index (χ0) is 14.7. The fourth-order valence-corrected chi connectivity index (χ4v) is 2.11. The molecule has 2 aromatic rings. The average Bonchev–Trinajstić information content (AvgIpc) is 2.42. The van der Waals surface area contributed by atoms with Crippen LogP contribution in [0.1, 0.15) is 24.2 Å². The Labute approximate surface area is 124 Å². The molecule has 2 rings (SSSR count). The molecule has 0 bridgehead atoms. The van der Waals surface area contributed by atoms with E-state index in [2.05, 4.69) is 15.9 Å². The molecule has 2 aromatic carbocycles. The van der Waals surface area contributed by atoms with Crippen molar-refractivity contribution in [2.75, 3.05) is 0 Å². The van der Waals surface area contributed by atoms with Gasteiger partial charge in [-0.1, -0.05) is 6.07 Å². The van der Waals surface area contributed by atoms with Gasteiger partial charge in [0.15, 0.2) is 11.6 Å². The minimum absolute atomic E-state index is 0.0366. The second kappa shape index (κ2) is 6.04. The van der Waals surface area contributed by atoms with Crippen LogP contribution < -0.4 is 4.74 Å².